The Morgan fingerprint density at radius 3 is 2.64 bits per heavy atom. The molecule has 2 N–H and O–H groups in total. The van der Waals surface area contributed by atoms with Crippen LogP contribution in [0.3, 0.4) is 0 Å². The third-order valence-electron chi connectivity index (χ3n) is 3.77. The predicted molar refractivity (Wildman–Crippen MR) is 95.6 cm³/mol. The molecule has 4 nitrogen and oxygen atoms in total. The first-order chi connectivity index (χ1) is 10.1. The van der Waals surface area contributed by atoms with Crippen molar-refractivity contribution in [1.29, 1.82) is 0 Å². The minimum absolute atomic E-state index is 0. The molecular weight excluding hydrogens is 388 g/mol. The summed E-state index contributed by atoms with van der Waals surface area (Å²) >= 11 is 3.36. The maximum Gasteiger partial charge on any atom is 0.222 e. The van der Waals surface area contributed by atoms with Gasteiger partial charge in [-0.05, 0) is 49.6 Å². The van der Waals surface area contributed by atoms with Crippen molar-refractivity contribution < 1.29 is 9.00 Å². The molecule has 1 fully saturated rings. The Kier molecular flexibility index (Phi) is 8.61. The summed E-state index contributed by atoms with van der Waals surface area (Å²) in [6.45, 7) is 2.25. The number of amides is 1. The second-order valence-corrected chi connectivity index (χ2v) is 7.82. The molecule has 22 heavy (non-hydrogen) atoms. The minimum atomic E-state index is -1.03. The van der Waals surface area contributed by atoms with Gasteiger partial charge in [0, 0.05) is 34.6 Å². The molecular formula is C15H22BrClN2O2S. The summed E-state index contributed by atoms with van der Waals surface area (Å²) in [5.74, 6) is 1.14. The van der Waals surface area contributed by atoms with Crippen molar-refractivity contribution >= 4 is 45.0 Å². The third kappa shape index (κ3) is 5.65. The summed E-state index contributed by atoms with van der Waals surface area (Å²) < 4.78 is 13.1. The van der Waals surface area contributed by atoms with Gasteiger partial charge in [-0.3, -0.25) is 9.00 Å². The lowest BCUT2D eigenvalue weighted by Gasteiger charge is -2.16. The van der Waals surface area contributed by atoms with Gasteiger partial charge in [-0.2, -0.15) is 0 Å². The van der Waals surface area contributed by atoms with Crippen molar-refractivity contribution in [2.75, 3.05) is 25.4 Å². The molecule has 0 bridgehead atoms. The highest BCUT2D eigenvalue weighted by Crippen LogP contribution is 2.17. The van der Waals surface area contributed by atoms with E-state index in [1.165, 1.54) is 0 Å². The van der Waals surface area contributed by atoms with Gasteiger partial charge in [0.1, 0.15) is 0 Å². The summed E-state index contributed by atoms with van der Waals surface area (Å²) in [5, 5.41) is 0. The molecule has 1 heterocycles. The first-order valence-corrected chi connectivity index (χ1v) is 9.33. The van der Waals surface area contributed by atoms with Crippen LogP contribution in [0.2, 0.25) is 0 Å². The number of hydrogen-bond donors (Lipinski definition) is 1. The second kappa shape index (κ2) is 9.65. The molecule has 0 aliphatic carbocycles. The fraction of sp³-hybridized carbons (Fsp3) is 0.533. The number of nitrogens with two attached hydrogens (primary N) is 1. The highest BCUT2D eigenvalue weighted by molar-refractivity contribution is 9.10. The molecule has 1 aliphatic rings. The molecule has 2 atom stereocenters. The van der Waals surface area contributed by atoms with Gasteiger partial charge < -0.3 is 10.6 Å². The molecule has 7 heteroatoms. The van der Waals surface area contributed by atoms with Crippen molar-refractivity contribution in [3.05, 3.63) is 28.7 Å². The van der Waals surface area contributed by atoms with E-state index in [9.17, 15) is 9.00 Å². The highest BCUT2D eigenvalue weighted by Gasteiger charge is 2.24. The average molecular weight is 410 g/mol. The predicted octanol–water partition coefficient (Wildman–Crippen LogP) is 2.57. The van der Waals surface area contributed by atoms with Gasteiger partial charge in [-0.25, -0.2) is 0 Å². The van der Waals surface area contributed by atoms with E-state index < -0.39 is 10.8 Å². The van der Waals surface area contributed by atoms with Crippen LogP contribution in [0.25, 0.3) is 0 Å². The Labute approximate surface area is 148 Å². The van der Waals surface area contributed by atoms with Gasteiger partial charge in [0.05, 0.1) is 10.8 Å². The van der Waals surface area contributed by atoms with Gasteiger partial charge in [0.2, 0.25) is 5.91 Å². The fourth-order valence-electron chi connectivity index (χ4n) is 2.47. The van der Waals surface area contributed by atoms with Gasteiger partial charge in [0.15, 0.2) is 0 Å². The van der Waals surface area contributed by atoms with Crippen LogP contribution in [0.4, 0.5) is 0 Å². The largest absolute Gasteiger partial charge is 0.342 e. The van der Waals surface area contributed by atoms with Crippen molar-refractivity contribution in [3.63, 3.8) is 0 Å². The molecule has 0 aromatic heterocycles. The average Bonchev–Trinajstić information content (AvgIpc) is 2.96. The van der Waals surface area contributed by atoms with E-state index in [4.69, 9.17) is 5.73 Å². The fourth-order valence-corrected chi connectivity index (χ4v) is 3.81. The zero-order valence-electron chi connectivity index (χ0n) is 12.4. The minimum Gasteiger partial charge on any atom is -0.342 e. The van der Waals surface area contributed by atoms with E-state index in [1.54, 1.807) is 0 Å². The zero-order chi connectivity index (χ0) is 15.2. The molecule has 1 aliphatic heterocycles. The van der Waals surface area contributed by atoms with Crippen molar-refractivity contribution in [1.82, 2.24) is 4.90 Å². The third-order valence-corrected chi connectivity index (χ3v) is 5.75. The van der Waals surface area contributed by atoms with Gasteiger partial charge in [-0.15, -0.1) is 12.4 Å². The van der Waals surface area contributed by atoms with Crippen LogP contribution < -0.4 is 5.73 Å². The van der Waals surface area contributed by atoms with Crippen LogP contribution in [0.1, 0.15) is 19.3 Å². The van der Waals surface area contributed by atoms with Crippen LogP contribution in [0.15, 0.2) is 33.6 Å². The molecule has 1 aromatic rings. The molecule has 1 saturated heterocycles. The summed E-state index contributed by atoms with van der Waals surface area (Å²) in [7, 11) is -1.03. The number of nitrogens with zero attached hydrogens (tertiary/aromatic N) is 1. The highest BCUT2D eigenvalue weighted by atomic mass is 79.9. The van der Waals surface area contributed by atoms with E-state index in [0.717, 1.165) is 28.9 Å². The maximum absolute atomic E-state index is 12.1. The SMILES string of the molecule is Cl.NCC1CCN(C(=O)CCCS(=O)c2ccc(Br)cc2)C1. The second-order valence-electron chi connectivity index (χ2n) is 5.34. The van der Waals surface area contributed by atoms with Crippen LogP contribution in [-0.4, -0.2) is 40.4 Å². The maximum atomic E-state index is 12.1. The Morgan fingerprint density at radius 2 is 2.05 bits per heavy atom. The zero-order valence-corrected chi connectivity index (χ0v) is 15.6. The van der Waals surface area contributed by atoms with E-state index in [2.05, 4.69) is 15.9 Å². The molecule has 2 rings (SSSR count). The van der Waals surface area contributed by atoms with Crippen LogP contribution in [0.5, 0.6) is 0 Å². The Morgan fingerprint density at radius 1 is 1.36 bits per heavy atom. The number of rotatable bonds is 6. The number of carbonyl (C=O) groups excluding carboxylic acids is 1. The molecule has 124 valence electrons. The number of benzene rings is 1. The number of halogens is 2. The smallest absolute Gasteiger partial charge is 0.222 e. The van der Waals surface area contributed by atoms with E-state index in [1.807, 2.05) is 29.2 Å². The van der Waals surface area contributed by atoms with Crippen molar-refractivity contribution in [2.45, 2.75) is 24.2 Å². The van der Waals surface area contributed by atoms with E-state index >= 15 is 0 Å². The molecule has 2 unspecified atom stereocenters. The standard InChI is InChI=1S/C15H21BrN2O2S.ClH/c16-13-3-5-14(6-4-13)21(20)9-1-2-15(19)18-8-7-12(10-17)11-18;/h3-6,12H,1-2,7-11,17H2;1H. The summed E-state index contributed by atoms with van der Waals surface area (Å²) in [6, 6.07) is 7.48. The van der Waals surface area contributed by atoms with Crippen LogP contribution in [-0.2, 0) is 15.6 Å². The van der Waals surface area contributed by atoms with Gasteiger partial charge in [0.25, 0.3) is 0 Å². The Bertz CT molecular complexity index is 513. The van der Waals surface area contributed by atoms with Crippen LogP contribution in [0, 0.1) is 5.92 Å². The first-order valence-electron chi connectivity index (χ1n) is 7.22. The van der Waals surface area contributed by atoms with Crippen LogP contribution >= 0.6 is 28.3 Å². The lowest BCUT2D eigenvalue weighted by molar-refractivity contribution is -0.130. The van der Waals surface area contributed by atoms with Crippen molar-refractivity contribution in [2.24, 2.45) is 11.7 Å². The monoisotopic (exact) mass is 408 g/mol. The summed E-state index contributed by atoms with van der Waals surface area (Å²) in [4.78, 5) is 14.8. The van der Waals surface area contributed by atoms with E-state index in [0.29, 0.717) is 31.1 Å². The lowest BCUT2D eigenvalue weighted by Crippen LogP contribution is -2.29. The molecule has 0 saturated carbocycles. The normalized spacial score (nSPS) is 18.8. The summed E-state index contributed by atoms with van der Waals surface area (Å²) in [6.07, 6.45) is 2.14. The molecule has 0 spiro atoms. The molecule has 1 aromatic carbocycles. The number of likely N-dealkylation sites (tertiary alicyclic amines) is 1. The topological polar surface area (TPSA) is 63.4 Å². The summed E-state index contributed by atoms with van der Waals surface area (Å²) in [5.41, 5.74) is 5.63. The molecule has 1 amide bonds. The van der Waals surface area contributed by atoms with Gasteiger partial charge >= 0.3 is 0 Å². The van der Waals surface area contributed by atoms with E-state index in [-0.39, 0.29) is 18.3 Å². The Hall–Kier alpha value is -0.430. The Balaban J connectivity index is 0.00000242. The first kappa shape index (κ1) is 19.6. The quantitative estimate of drug-likeness (QED) is 0.785. The van der Waals surface area contributed by atoms with Crippen molar-refractivity contribution in [3.8, 4) is 0 Å². The lowest BCUT2D eigenvalue weighted by atomic mass is 10.1. The van der Waals surface area contributed by atoms with Gasteiger partial charge in [-0.1, -0.05) is 15.9 Å². The number of carbonyl (C=O) groups is 1. The molecule has 0 radical (unpaired) electrons. The number of hydrogen-bond acceptors (Lipinski definition) is 3.